The fourth-order valence-corrected chi connectivity index (χ4v) is 1.44. The molecule has 1 aliphatic rings. The second kappa shape index (κ2) is 3.88. The van der Waals surface area contributed by atoms with Crippen LogP contribution in [0.25, 0.3) is 0 Å². The van der Waals surface area contributed by atoms with Crippen LogP contribution in [0.4, 0.5) is 5.69 Å². The first-order valence-electron chi connectivity index (χ1n) is 4.65. The van der Waals surface area contributed by atoms with Crippen molar-refractivity contribution in [2.24, 2.45) is 5.73 Å². The summed E-state index contributed by atoms with van der Waals surface area (Å²) in [6, 6.07) is 5.11. The highest BCUT2D eigenvalue weighted by Crippen LogP contribution is 2.30. The maximum atomic E-state index is 11.1. The number of benzene rings is 1. The summed E-state index contributed by atoms with van der Waals surface area (Å²) in [4.78, 5) is 11.1. The van der Waals surface area contributed by atoms with Gasteiger partial charge in [0.15, 0.2) is 6.61 Å². The predicted molar refractivity (Wildman–Crippen MR) is 54.6 cm³/mol. The first-order chi connectivity index (χ1) is 7.20. The standard InChI is InChI=1S/C10H12N2O3/c11-4-8(13)6-1-2-9-7(3-6)12-10(14)5-15-9/h1-3,8,13H,4-5,11H2,(H,12,14). The summed E-state index contributed by atoms with van der Waals surface area (Å²) < 4.78 is 5.18. The summed E-state index contributed by atoms with van der Waals surface area (Å²) >= 11 is 0. The van der Waals surface area contributed by atoms with Crippen LogP contribution in [0.1, 0.15) is 11.7 Å². The molecule has 0 saturated carbocycles. The van der Waals surface area contributed by atoms with E-state index in [1.165, 1.54) is 0 Å². The van der Waals surface area contributed by atoms with Gasteiger partial charge in [0.05, 0.1) is 11.8 Å². The summed E-state index contributed by atoms with van der Waals surface area (Å²) in [5.41, 5.74) is 6.59. The zero-order chi connectivity index (χ0) is 10.8. The van der Waals surface area contributed by atoms with Crippen molar-refractivity contribution >= 4 is 11.6 Å². The average Bonchev–Trinajstić information content (AvgIpc) is 2.27. The van der Waals surface area contributed by atoms with Gasteiger partial charge in [0.25, 0.3) is 5.91 Å². The van der Waals surface area contributed by atoms with Crippen molar-refractivity contribution in [1.29, 1.82) is 0 Å². The summed E-state index contributed by atoms with van der Waals surface area (Å²) in [6.07, 6.45) is -0.714. The van der Waals surface area contributed by atoms with Gasteiger partial charge >= 0.3 is 0 Å². The fourth-order valence-electron chi connectivity index (χ4n) is 1.44. The molecule has 2 rings (SSSR count). The summed E-state index contributed by atoms with van der Waals surface area (Å²) in [7, 11) is 0. The van der Waals surface area contributed by atoms with Gasteiger partial charge in [0.1, 0.15) is 5.75 Å². The predicted octanol–water partition coefficient (Wildman–Crippen LogP) is 0.00960. The summed E-state index contributed by atoms with van der Waals surface area (Å²) in [6.45, 7) is 0.180. The maximum Gasteiger partial charge on any atom is 0.262 e. The molecule has 5 nitrogen and oxygen atoms in total. The highest BCUT2D eigenvalue weighted by atomic mass is 16.5. The number of aliphatic hydroxyl groups excluding tert-OH is 1. The van der Waals surface area contributed by atoms with Crippen LogP contribution >= 0.6 is 0 Å². The van der Waals surface area contributed by atoms with E-state index in [0.717, 1.165) is 0 Å². The lowest BCUT2D eigenvalue weighted by atomic mass is 10.1. The van der Waals surface area contributed by atoms with E-state index in [9.17, 15) is 9.90 Å². The van der Waals surface area contributed by atoms with Gasteiger partial charge in [-0.2, -0.15) is 0 Å². The lowest BCUT2D eigenvalue weighted by Crippen LogP contribution is -2.25. The number of fused-ring (bicyclic) bond motifs is 1. The number of carbonyl (C=O) groups excluding carboxylic acids is 1. The Morgan fingerprint density at radius 3 is 3.13 bits per heavy atom. The third-order valence-corrected chi connectivity index (χ3v) is 2.24. The van der Waals surface area contributed by atoms with E-state index in [-0.39, 0.29) is 19.1 Å². The van der Waals surface area contributed by atoms with Crippen molar-refractivity contribution in [2.75, 3.05) is 18.5 Å². The van der Waals surface area contributed by atoms with Gasteiger partial charge in [0, 0.05) is 6.54 Å². The Kier molecular flexibility index (Phi) is 2.57. The number of amides is 1. The Morgan fingerprint density at radius 1 is 1.60 bits per heavy atom. The van der Waals surface area contributed by atoms with Gasteiger partial charge in [-0.05, 0) is 17.7 Å². The van der Waals surface area contributed by atoms with Crippen LogP contribution in [-0.4, -0.2) is 24.2 Å². The molecule has 1 heterocycles. The van der Waals surface area contributed by atoms with Crippen LogP contribution in [0.15, 0.2) is 18.2 Å². The molecule has 0 fully saturated rings. The van der Waals surface area contributed by atoms with Crippen LogP contribution in [0.5, 0.6) is 5.75 Å². The smallest absolute Gasteiger partial charge is 0.262 e. The molecule has 5 heteroatoms. The topological polar surface area (TPSA) is 84.6 Å². The first-order valence-corrected chi connectivity index (χ1v) is 4.65. The molecule has 0 radical (unpaired) electrons. The second-order valence-corrected chi connectivity index (χ2v) is 3.34. The molecule has 0 aromatic heterocycles. The molecular weight excluding hydrogens is 196 g/mol. The molecule has 1 unspecified atom stereocenters. The molecule has 0 saturated heterocycles. The van der Waals surface area contributed by atoms with Gasteiger partial charge in [-0.25, -0.2) is 0 Å². The fraction of sp³-hybridized carbons (Fsp3) is 0.300. The summed E-state index contributed by atoms with van der Waals surface area (Å²) in [5, 5.41) is 12.2. The largest absolute Gasteiger partial charge is 0.482 e. The minimum absolute atomic E-state index is 0.0335. The number of ether oxygens (including phenoxy) is 1. The van der Waals surface area contributed by atoms with Crippen LogP contribution in [0.3, 0.4) is 0 Å². The lowest BCUT2D eigenvalue weighted by molar-refractivity contribution is -0.118. The van der Waals surface area contributed by atoms with Gasteiger partial charge < -0.3 is 20.9 Å². The Hall–Kier alpha value is -1.59. The van der Waals surface area contributed by atoms with Crippen LogP contribution in [0, 0.1) is 0 Å². The van der Waals surface area contributed by atoms with Crippen molar-refractivity contribution in [1.82, 2.24) is 0 Å². The molecule has 0 aliphatic carbocycles. The Morgan fingerprint density at radius 2 is 2.40 bits per heavy atom. The molecule has 1 aromatic rings. The number of aliphatic hydroxyl groups is 1. The molecule has 0 bridgehead atoms. The quantitative estimate of drug-likeness (QED) is 0.639. The van der Waals surface area contributed by atoms with Crippen LogP contribution in [0.2, 0.25) is 0 Å². The Balaban J connectivity index is 2.32. The van der Waals surface area contributed by atoms with E-state index >= 15 is 0 Å². The average molecular weight is 208 g/mol. The van der Waals surface area contributed by atoms with Crippen molar-refractivity contribution in [3.63, 3.8) is 0 Å². The minimum Gasteiger partial charge on any atom is -0.482 e. The number of anilines is 1. The van der Waals surface area contributed by atoms with E-state index < -0.39 is 6.10 Å². The molecular formula is C10H12N2O3. The number of carbonyl (C=O) groups is 1. The third-order valence-electron chi connectivity index (χ3n) is 2.24. The monoisotopic (exact) mass is 208 g/mol. The molecule has 4 N–H and O–H groups in total. The van der Waals surface area contributed by atoms with Crippen LogP contribution < -0.4 is 15.8 Å². The highest BCUT2D eigenvalue weighted by Gasteiger charge is 2.17. The van der Waals surface area contributed by atoms with Crippen molar-refractivity contribution in [3.05, 3.63) is 23.8 Å². The molecule has 15 heavy (non-hydrogen) atoms. The SMILES string of the molecule is NCC(O)c1ccc2c(c1)NC(=O)CO2. The van der Waals surface area contributed by atoms with Crippen molar-refractivity contribution < 1.29 is 14.6 Å². The second-order valence-electron chi connectivity index (χ2n) is 3.34. The van der Waals surface area contributed by atoms with Gasteiger partial charge in [-0.3, -0.25) is 4.79 Å². The van der Waals surface area contributed by atoms with Gasteiger partial charge in [-0.1, -0.05) is 6.07 Å². The molecule has 80 valence electrons. The summed E-state index contributed by atoms with van der Waals surface area (Å²) in [5.74, 6) is 0.421. The van der Waals surface area contributed by atoms with E-state index in [1.54, 1.807) is 18.2 Å². The minimum atomic E-state index is -0.714. The Labute approximate surface area is 86.8 Å². The maximum absolute atomic E-state index is 11.1. The highest BCUT2D eigenvalue weighted by molar-refractivity contribution is 5.95. The molecule has 1 aromatic carbocycles. The Bertz CT molecular complexity index is 392. The van der Waals surface area contributed by atoms with Crippen molar-refractivity contribution in [2.45, 2.75) is 6.10 Å². The van der Waals surface area contributed by atoms with Gasteiger partial charge in [-0.15, -0.1) is 0 Å². The number of nitrogens with one attached hydrogen (secondary N) is 1. The van der Waals surface area contributed by atoms with Gasteiger partial charge in [0.2, 0.25) is 0 Å². The van der Waals surface area contributed by atoms with Crippen molar-refractivity contribution in [3.8, 4) is 5.75 Å². The number of hydrogen-bond donors (Lipinski definition) is 3. The number of rotatable bonds is 2. The van der Waals surface area contributed by atoms with Crippen LogP contribution in [-0.2, 0) is 4.79 Å². The number of hydrogen-bond acceptors (Lipinski definition) is 4. The van der Waals surface area contributed by atoms with E-state index in [2.05, 4.69) is 5.32 Å². The van der Waals surface area contributed by atoms with E-state index in [1.807, 2.05) is 0 Å². The lowest BCUT2D eigenvalue weighted by Gasteiger charge is -2.19. The molecule has 1 atom stereocenters. The molecule has 1 aliphatic heterocycles. The van der Waals surface area contributed by atoms with E-state index in [4.69, 9.17) is 10.5 Å². The number of nitrogens with two attached hydrogens (primary N) is 1. The first kappa shape index (κ1) is 9.95. The van der Waals surface area contributed by atoms with E-state index in [0.29, 0.717) is 17.0 Å². The normalized spacial score (nSPS) is 16.3. The zero-order valence-corrected chi connectivity index (χ0v) is 8.06. The molecule has 1 amide bonds. The molecule has 0 spiro atoms. The zero-order valence-electron chi connectivity index (χ0n) is 8.06. The third kappa shape index (κ3) is 1.93.